The maximum absolute atomic E-state index is 4.07. The Bertz CT molecular complexity index is 133. The van der Waals surface area contributed by atoms with Crippen molar-refractivity contribution in [1.29, 1.82) is 0 Å². The first-order chi connectivity index (χ1) is 3.86. The van der Waals surface area contributed by atoms with Gasteiger partial charge < -0.3 is 19.3 Å². The molecular formula is C8H11ClMg. The van der Waals surface area contributed by atoms with E-state index >= 15 is 0 Å². The van der Waals surface area contributed by atoms with Crippen molar-refractivity contribution in [3.63, 3.8) is 0 Å². The molecule has 1 fully saturated rings. The summed E-state index contributed by atoms with van der Waals surface area (Å²) in [7, 11) is 0. The molecule has 0 unspecified atom stereocenters. The van der Waals surface area contributed by atoms with E-state index in [1.807, 2.05) is 0 Å². The van der Waals surface area contributed by atoms with Gasteiger partial charge in [0.05, 0.1) is 0 Å². The molecule has 0 aromatic carbocycles. The fourth-order valence-corrected chi connectivity index (χ4v) is 1.89. The molecule has 2 heteroatoms. The Morgan fingerprint density at radius 3 is 2.10 bits per heavy atom. The Balaban J connectivity index is 0.000000405. The van der Waals surface area contributed by atoms with E-state index in [-0.39, 0.29) is 35.5 Å². The minimum atomic E-state index is 0. The Labute approximate surface area is 85.0 Å². The summed E-state index contributed by atoms with van der Waals surface area (Å²) < 4.78 is 0. The minimum Gasteiger partial charge on any atom is -1.00 e. The average Bonchev–Trinajstić information content (AvgIpc) is 2.23. The summed E-state index contributed by atoms with van der Waals surface area (Å²) >= 11 is 0. The molecule has 0 aromatic rings. The van der Waals surface area contributed by atoms with Gasteiger partial charge in [-0.15, -0.1) is 0 Å². The van der Waals surface area contributed by atoms with Crippen molar-refractivity contribution in [2.45, 2.75) is 12.8 Å². The van der Waals surface area contributed by atoms with Gasteiger partial charge >= 0.3 is 23.1 Å². The molecule has 0 amide bonds. The third-order valence-corrected chi connectivity index (χ3v) is 2.42. The molecule has 52 valence electrons. The first kappa shape index (κ1) is 10.8. The molecule has 0 N–H and O–H groups in total. The van der Waals surface area contributed by atoms with E-state index in [9.17, 15) is 0 Å². The van der Waals surface area contributed by atoms with Gasteiger partial charge in [0.1, 0.15) is 0 Å². The van der Waals surface area contributed by atoms with E-state index in [1.165, 1.54) is 12.8 Å². The molecule has 0 spiro atoms. The molecular weight excluding hydrogens is 156 g/mol. The van der Waals surface area contributed by atoms with Gasteiger partial charge in [-0.3, -0.25) is 0 Å². The Morgan fingerprint density at radius 2 is 1.90 bits per heavy atom. The van der Waals surface area contributed by atoms with E-state index in [2.05, 4.69) is 19.1 Å². The predicted octanol–water partition coefficient (Wildman–Crippen LogP) is -1.34. The first-order valence-electron chi connectivity index (χ1n) is 3.37. The van der Waals surface area contributed by atoms with Crippen LogP contribution >= 0.6 is 0 Å². The topological polar surface area (TPSA) is 0 Å². The van der Waals surface area contributed by atoms with E-state index in [4.69, 9.17) is 0 Å². The average molecular weight is 167 g/mol. The standard InChI is InChI=1S/C8H11.ClH.Mg/c1-6-4-7-2-3-8(6)5-7;;/h2-3,6-8H,1,4-5H2;1H;/q-1;;+2/p-1/t6-,7-,8-;;/m1../s1. The van der Waals surface area contributed by atoms with Crippen LogP contribution < -0.4 is 12.4 Å². The Hall–Kier alpha value is 0.796. The number of allylic oxidation sites excluding steroid dienone is 2. The van der Waals surface area contributed by atoms with Crippen molar-refractivity contribution in [2.75, 3.05) is 0 Å². The molecule has 0 aliphatic heterocycles. The molecule has 2 aliphatic carbocycles. The first-order valence-corrected chi connectivity index (χ1v) is 3.37. The van der Waals surface area contributed by atoms with Crippen LogP contribution in [-0.2, 0) is 0 Å². The van der Waals surface area contributed by atoms with Crippen molar-refractivity contribution in [3.8, 4) is 0 Å². The third-order valence-electron chi connectivity index (χ3n) is 2.42. The quantitative estimate of drug-likeness (QED) is 0.238. The second kappa shape index (κ2) is 3.98. The van der Waals surface area contributed by atoms with Crippen LogP contribution in [0.4, 0.5) is 0 Å². The zero-order chi connectivity index (χ0) is 5.56. The van der Waals surface area contributed by atoms with Gasteiger partial charge in [-0.05, 0) is 18.3 Å². The summed E-state index contributed by atoms with van der Waals surface area (Å²) in [5, 5.41) is 0. The zero-order valence-electron chi connectivity index (χ0n) is 6.09. The van der Waals surface area contributed by atoms with Crippen molar-refractivity contribution < 1.29 is 12.4 Å². The number of hydrogen-bond donors (Lipinski definition) is 0. The van der Waals surface area contributed by atoms with Crippen LogP contribution in [0.3, 0.4) is 0 Å². The molecule has 0 nitrogen and oxygen atoms in total. The van der Waals surface area contributed by atoms with E-state index in [1.54, 1.807) is 0 Å². The van der Waals surface area contributed by atoms with Crippen LogP contribution in [0.2, 0.25) is 0 Å². The smallest absolute Gasteiger partial charge is 1.00 e. The van der Waals surface area contributed by atoms with Gasteiger partial charge in [0, 0.05) is 0 Å². The van der Waals surface area contributed by atoms with Crippen LogP contribution in [0.1, 0.15) is 12.8 Å². The zero-order valence-corrected chi connectivity index (χ0v) is 8.26. The number of halogens is 1. The summed E-state index contributed by atoms with van der Waals surface area (Å²) in [5.74, 6) is 2.49. The van der Waals surface area contributed by atoms with Crippen LogP contribution in [0.15, 0.2) is 12.2 Å². The van der Waals surface area contributed by atoms with Crippen LogP contribution in [0.25, 0.3) is 0 Å². The summed E-state index contributed by atoms with van der Waals surface area (Å²) in [4.78, 5) is 0. The number of fused-ring (bicyclic) bond motifs is 2. The summed E-state index contributed by atoms with van der Waals surface area (Å²) in [5.41, 5.74) is 0. The molecule has 10 heavy (non-hydrogen) atoms. The number of rotatable bonds is 0. The fourth-order valence-electron chi connectivity index (χ4n) is 1.89. The molecule has 0 radical (unpaired) electrons. The minimum absolute atomic E-state index is 0. The second-order valence-electron chi connectivity index (χ2n) is 3.04. The molecule has 0 aromatic heterocycles. The van der Waals surface area contributed by atoms with Crippen LogP contribution in [0.5, 0.6) is 0 Å². The van der Waals surface area contributed by atoms with Crippen LogP contribution in [-0.4, -0.2) is 23.1 Å². The van der Waals surface area contributed by atoms with Gasteiger partial charge in [-0.2, -0.15) is 5.92 Å². The van der Waals surface area contributed by atoms with Gasteiger partial charge in [0.15, 0.2) is 0 Å². The van der Waals surface area contributed by atoms with Gasteiger partial charge in [-0.25, -0.2) is 0 Å². The van der Waals surface area contributed by atoms with Gasteiger partial charge in [-0.1, -0.05) is 18.6 Å². The Morgan fingerprint density at radius 1 is 1.20 bits per heavy atom. The van der Waals surface area contributed by atoms with Crippen LogP contribution in [0, 0.1) is 24.7 Å². The molecule has 3 atom stereocenters. The predicted molar refractivity (Wildman–Crippen MR) is 40.0 cm³/mol. The summed E-state index contributed by atoms with van der Waals surface area (Å²) in [6, 6.07) is 0. The molecule has 1 saturated carbocycles. The molecule has 2 aliphatic rings. The Kier molecular flexibility index (Phi) is 4.30. The molecule has 2 bridgehead atoms. The van der Waals surface area contributed by atoms with E-state index < -0.39 is 0 Å². The van der Waals surface area contributed by atoms with Gasteiger partial charge in [0.25, 0.3) is 0 Å². The van der Waals surface area contributed by atoms with Crippen molar-refractivity contribution in [2.24, 2.45) is 17.8 Å². The van der Waals surface area contributed by atoms with E-state index in [0.717, 1.165) is 17.8 Å². The summed E-state index contributed by atoms with van der Waals surface area (Å²) in [6.45, 7) is 4.07. The van der Waals surface area contributed by atoms with Crippen molar-refractivity contribution in [1.82, 2.24) is 0 Å². The second-order valence-corrected chi connectivity index (χ2v) is 3.04. The largest absolute Gasteiger partial charge is 2.00 e. The number of hydrogen-bond acceptors (Lipinski definition) is 0. The van der Waals surface area contributed by atoms with Gasteiger partial charge in [0.2, 0.25) is 0 Å². The molecule has 0 saturated heterocycles. The van der Waals surface area contributed by atoms with Crippen molar-refractivity contribution >= 4 is 23.1 Å². The molecule has 2 rings (SSSR count). The fraction of sp³-hybridized carbons (Fsp3) is 0.625. The SMILES string of the molecule is [CH2-][C@@H]1C[C@H]2C=C[C@@H]1C2.[Cl-].[Mg+2]. The normalized spacial score (nSPS) is 40.7. The monoisotopic (exact) mass is 166 g/mol. The van der Waals surface area contributed by atoms with Crippen molar-refractivity contribution in [3.05, 3.63) is 19.1 Å². The maximum atomic E-state index is 4.07. The maximum Gasteiger partial charge on any atom is 2.00 e. The van der Waals surface area contributed by atoms with E-state index in [0.29, 0.717) is 0 Å². The summed E-state index contributed by atoms with van der Waals surface area (Å²) in [6.07, 6.45) is 7.44. The molecule has 0 heterocycles. The third kappa shape index (κ3) is 1.69.